The van der Waals surface area contributed by atoms with E-state index in [0.29, 0.717) is 28.6 Å². The second-order valence-electron chi connectivity index (χ2n) is 8.30. The summed E-state index contributed by atoms with van der Waals surface area (Å²) in [6, 6.07) is 15.3. The minimum Gasteiger partial charge on any atom is -0.504 e. The summed E-state index contributed by atoms with van der Waals surface area (Å²) in [7, 11) is 4.46. The summed E-state index contributed by atoms with van der Waals surface area (Å²) in [6.07, 6.45) is 4.90. The number of aliphatic hydroxyl groups is 3. The number of hydrogen-bond donors (Lipinski definition) is 4. The van der Waals surface area contributed by atoms with Crippen molar-refractivity contribution in [3.05, 3.63) is 83.4 Å². The van der Waals surface area contributed by atoms with Gasteiger partial charge in [-0.05, 0) is 47.5 Å². The lowest BCUT2D eigenvalue weighted by atomic mass is 10.0. The van der Waals surface area contributed by atoms with E-state index in [-0.39, 0.29) is 24.7 Å². The molecule has 0 aliphatic rings. The topological polar surface area (TPSA) is 127 Å². The Bertz CT molecular complexity index is 1270. The molecule has 3 aromatic rings. The fourth-order valence-electron chi connectivity index (χ4n) is 3.87. The number of rotatable bonds is 14. The number of phenols is 1. The van der Waals surface area contributed by atoms with Crippen LogP contribution in [0.4, 0.5) is 0 Å². The summed E-state index contributed by atoms with van der Waals surface area (Å²) >= 11 is 0. The molecule has 3 rings (SSSR count). The number of methoxy groups -OCH3 is 3. The first kappa shape index (κ1) is 29.4. The van der Waals surface area contributed by atoms with E-state index < -0.39 is 18.8 Å². The Hall–Kier alpha value is -4.18. The molecule has 9 nitrogen and oxygen atoms in total. The van der Waals surface area contributed by atoms with Crippen LogP contribution in [0, 0.1) is 0 Å². The van der Waals surface area contributed by atoms with E-state index >= 15 is 0 Å². The maximum absolute atomic E-state index is 10.5. The third kappa shape index (κ3) is 7.67. The molecule has 0 aliphatic carbocycles. The lowest BCUT2D eigenvalue weighted by molar-refractivity contribution is 0.0121. The predicted octanol–water partition coefficient (Wildman–Crippen LogP) is 3.99. The largest absolute Gasteiger partial charge is 0.504 e. The van der Waals surface area contributed by atoms with Crippen molar-refractivity contribution in [1.29, 1.82) is 0 Å². The van der Waals surface area contributed by atoms with Crippen molar-refractivity contribution in [2.75, 3.05) is 41.2 Å². The van der Waals surface area contributed by atoms with Crippen LogP contribution in [0.5, 0.6) is 34.5 Å². The third-order valence-corrected chi connectivity index (χ3v) is 5.79. The van der Waals surface area contributed by atoms with E-state index in [4.69, 9.17) is 33.9 Å². The summed E-state index contributed by atoms with van der Waals surface area (Å²) < 4.78 is 29.0. The van der Waals surface area contributed by atoms with Gasteiger partial charge in [0.25, 0.3) is 0 Å². The average Bonchev–Trinajstić information content (AvgIpc) is 2.97. The maximum atomic E-state index is 10.5. The monoisotopic (exact) mass is 538 g/mol. The van der Waals surface area contributed by atoms with E-state index in [1.54, 1.807) is 72.8 Å². The predicted molar refractivity (Wildman–Crippen MR) is 148 cm³/mol. The Morgan fingerprint density at radius 1 is 0.641 bits per heavy atom. The number of aliphatic hydroxyl groups excluding tert-OH is 3. The quantitative estimate of drug-likeness (QED) is 0.241. The maximum Gasteiger partial charge on any atom is 0.163 e. The summed E-state index contributed by atoms with van der Waals surface area (Å²) in [5, 5.41) is 38.7. The molecule has 0 fully saturated rings. The molecule has 0 unspecified atom stereocenters. The lowest BCUT2D eigenvalue weighted by Crippen LogP contribution is -2.33. The van der Waals surface area contributed by atoms with Crippen molar-refractivity contribution >= 4 is 12.2 Å². The summed E-state index contributed by atoms with van der Waals surface area (Å²) in [5.74, 6) is 1.79. The highest BCUT2D eigenvalue weighted by Gasteiger charge is 2.30. The van der Waals surface area contributed by atoms with Crippen molar-refractivity contribution in [3.63, 3.8) is 0 Å². The van der Waals surface area contributed by atoms with Gasteiger partial charge in [0, 0.05) is 5.56 Å². The van der Waals surface area contributed by atoms with Crippen LogP contribution < -0.4 is 23.7 Å². The SMILES string of the molecule is COc1cc([C@@H](Oc2ccc(/C=C/CO)cc2OC)[C@H](CO)Oc2ccc(/C=C/CO)cc2OC)ccc1O. The summed E-state index contributed by atoms with van der Waals surface area (Å²) in [6.45, 7) is -0.615. The van der Waals surface area contributed by atoms with E-state index in [2.05, 4.69) is 0 Å². The molecular weight excluding hydrogens is 504 g/mol. The van der Waals surface area contributed by atoms with Gasteiger partial charge in [-0.15, -0.1) is 0 Å². The number of hydrogen-bond acceptors (Lipinski definition) is 9. The smallest absolute Gasteiger partial charge is 0.163 e. The molecule has 0 heterocycles. The number of ether oxygens (including phenoxy) is 5. The molecule has 0 bridgehead atoms. The van der Waals surface area contributed by atoms with Crippen LogP contribution in [-0.2, 0) is 0 Å². The molecule has 3 aromatic carbocycles. The zero-order valence-electron chi connectivity index (χ0n) is 22.1. The highest BCUT2D eigenvalue weighted by molar-refractivity contribution is 5.57. The van der Waals surface area contributed by atoms with Crippen molar-refractivity contribution < 1.29 is 44.1 Å². The van der Waals surface area contributed by atoms with E-state index in [0.717, 1.165) is 11.1 Å². The van der Waals surface area contributed by atoms with Crippen molar-refractivity contribution in [3.8, 4) is 34.5 Å². The van der Waals surface area contributed by atoms with Crippen LogP contribution in [0.1, 0.15) is 22.8 Å². The minimum absolute atomic E-state index is 0.0488. The Morgan fingerprint density at radius 2 is 1.18 bits per heavy atom. The Morgan fingerprint density at radius 3 is 1.67 bits per heavy atom. The highest BCUT2D eigenvalue weighted by atomic mass is 16.6. The Kier molecular flexibility index (Phi) is 11.1. The van der Waals surface area contributed by atoms with E-state index in [1.807, 2.05) is 0 Å². The normalized spacial score (nSPS) is 12.9. The van der Waals surface area contributed by atoms with Crippen LogP contribution >= 0.6 is 0 Å². The molecule has 0 saturated heterocycles. The van der Waals surface area contributed by atoms with Gasteiger partial charge in [0.15, 0.2) is 46.7 Å². The van der Waals surface area contributed by atoms with Gasteiger partial charge in [0.1, 0.15) is 0 Å². The molecular formula is C30H34O9. The van der Waals surface area contributed by atoms with Gasteiger partial charge in [-0.1, -0.05) is 42.5 Å². The Labute approximate surface area is 227 Å². The van der Waals surface area contributed by atoms with Gasteiger partial charge in [-0.2, -0.15) is 0 Å². The number of benzene rings is 3. The van der Waals surface area contributed by atoms with Crippen molar-refractivity contribution in [1.82, 2.24) is 0 Å². The molecule has 4 N–H and O–H groups in total. The van der Waals surface area contributed by atoms with Crippen LogP contribution in [0.15, 0.2) is 66.7 Å². The molecule has 0 spiro atoms. The zero-order valence-corrected chi connectivity index (χ0v) is 22.1. The van der Waals surface area contributed by atoms with E-state index in [9.17, 15) is 10.2 Å². The molecule has 0 saturated carbocycles. The molecule has 0 aliphatic heterocycles. The fourth-order valence-corrected chi connectivity index (χ4v) is 3.87. The van der Waals surface area contributed by atoms with E-state index in [1.165, 1.54) is 27.4 Å². The summed E-state index contributed by atoms with van der Waals surface area (Å²) in [4.78, 5) is 0. The molecule has 0 aromatic heterocycles. The molecule has 2 atom stereocenters. The second kappa shape index (κ2) is 14.7. The summed E-state index contributed by atoms with van der Waals surface area (Å²) in [5.41, 5.74) is 2.16. The highest BCUT2D eigenvalue weighted by Crippen LogP contribution is 2.38. The first-order chi connectivity index (χ1) is 19.0. The average molecular weight is 539 g/mol. The van der Waals surface area contributed by atoms with Gasteiger partial charge >= 0.3 is 0 Å². The van der Waals surface area contributed by atoms with Gasteiger partial charge in [-0.25, -0.2) is 0 Å². The van der Waals surface area contributed by atoms with Gasteiger partial charge in [0.05, 0.1) is 41.2 Å². The van der Waals surface area contributed by atoms with Gasteiger partial charge < -0.3 is 44.1 Å². The standard InChI is InChI=1S/C30H34O9/c1-35-26-18-22(10-11-23(26)34)30(39-25-13-9-21(7-5-15-32)17-28(25)37-3)29(19-33)38-24-12-8-20(6-4-14-31)16-27(24)36-2/h4-13,16-18,29-34H,14-15,19H2,1-3H3/b6-4+,7-5+/t29-,30+/m0/s1. The van der Waals surface area contributed by atoms with Crippen LogP contribution in [0.25, 0.3) is 12.2 Å². The molecule has 208 valence electrons. The van der Waals surface area contributed by atoms with Crippen molar-refractivity contribution in [2.24, 2.45) is 0 Å². The van der Waals surface area contributed by atoms with Gasteiger partial charge in [0.2, 0.25) is 0 Å². The second-order valence-corrected chi connectivity index (χ2v) is 8.30. The van der Waals surface area contributed by atoms with Crippen LogP contribution in [-0.4, -0.2) is 67.7 Å². The van der Waals surface area contributed by atoms with Crippen molar-refractivity contribution in [2.45, 2.75) is 12.2 Å². The first-order valence-corrected chi connectivity index (χ1v) is 12.2. The van der Waals surface area contributed by atoms with Crippen LogP contribution in [0.3, 0.4) is 0 Å². The lowest BCUT2D eigenvalue weighted by Gasteiger charge is -2.29. The number of aromatic hydroxyl groups is 1. The molecule has 39 heavy (non-hydrogen) atoms. The Balaban J connectivity index is 2.03. The minimum atomic E-state index is -0.925. The third-order valence-electron chi connectivity index (χ3n) is 5.79. The first-order valence-electron chi connectivity index (χ1n) is 12.2. The fraction of sp³-hybridized carbons (Fsp3) is 0.267. The molecule has 0 radical (unpaired) electrons. The van der Waals surface area contributed by atoms with Gasteiger partial charge in [-0.3, -0.25) is 0 Å². The molecule has 0 amide bonds. The molecule has 9 heteroatoms. The number of phenolic OH excluding ortho intramolecular Hbond substituents is 1. The zero-order chi connectivity index (χ0) is 28.2. The van der Waals surface area contributed by atoms with Crippen LogP contribution in [0.2, 0.25) is 0 Å².